The minimum Gasteiger partial charge on any atom is -0.462 e. The van der Waals surface area contributed by atoms with Crippen molar-refractivity contribution in [2.45, 2.75) is 328 Å². The van der Waals surface area contributed by atoms with Gasteiger partial charge in [-0.05, 0) is 70.6 Å². The van der Waals surface area contributed by atoms with Gasteiger partial charge in [-0.2, -0.15) is 0 Å². The summed E-state index contributed by atoms with van der Waals surface area (Å²) in [4.78, 5) is 35.7. The fourth-order valence-corrected chi connectivity index (χ4v) is 10.3. The van der Waals surface area contributed by atoms with Crippen molar-refractivity contribution in [2.24, 2.45) is 0 Å². The highest BCUT2D eigenvalue weighted by Crippen LogP contribution is 2.43. The molecule has 0 aromatic heterocycles. The first-order chi connectivity index (χ1) is 37.0. The lowest BCUT2D eigenvalue weighted by Crippen LogP contribution is -2.37. The summed E-state index contributed by atoms with van der Waals surface area (Å²) in [5.74, 6) is -0.792. The van der Waals surface area contributed by atoms with Crippen LogP contribution in [0.15, 0.2) is 36.5 Å². The molecule has 0 amide bonds. The minimum absolute atomic E-state index is 0.0328. The number of quaternary nitrogens is 1. The Labute approximate surface area is 471 Å². The van der Waals surface area contributed by atoms with Crippen molar-refractivity contribution in [3.8, 4) is 0 Å². The average Bonchev–Trinajstić information content (AvgIpc) is 3.38. The zero-order valence-electron chi connectivity index (χ0n) is 51.0. The number of hydrogen-bond acceptors (Lipinski definition) is 7. The van der Waals surface area contributed by atoms with Crippen LogP contribution in [-0.4, -0.2) is 74.9 Å². The van der Waals surface area contributed by atoms with E-state index in [1.54, 1.807) is 0 Å². The van der Waals surface area contributed by atoms with Gasteiger partial charge < -0.3 is 18.9 Å². The van der Waals surface area contributed by atoms with Crippen LogP contribution < -0.4 is 0 Å². The lowest BCUT2D eigenvalue weighted by molar-refractivity contribution is -0.870. The van der Waals surface area contributed by atoms with Crippen molar-refractivity contribution in [2.75, 3.05) is 47.5 Å². The number of hydrogen-bond donors (Lipinski definition) is 1. The molecule has 0 spiro atoms. The van der Waals surface area contributed by atoms with Crippen LogP contribution in [0.1, 0.15) is 322 Å². The summed E-state index contributed by atoms with van der Waals surface area (Å²) >= 11 is 0. The highest BCUT2D eigenvalue weighted by atomic mass is 31.2. The fraction of sp³-hybridized carbons (Fsp3) is 0.879. The Morgan fingerprint density at radius 3 is 1.05 bits per heavy atom. The molecule has 0 saturated carbocycles. The van der Waals surface area contributed by atoms with Gasteiger partial charge in [0, 0.05) is 12.8 Å². The van der Waals surface area contributed by atoms with Crippen LogP contribution in [0, 0.1) is 0 Å². The topological polar surface area (TPSA) is 108 Å². The summed E-state index contributed by atoms with van der Waals surface area (Å²) in [6.07, 6.45) is 72.5. The molecule has 0 bridgehead atoms. The summed E-state index contributed by atoms with van der Waals surface area (Å²) in [6, 6.07) is 0. The Morgan fingerprint density at radius 1 is 0.408 bits per heavy atom. The molecule has 0 heterocycles. The number of carbonyl (C=O) groups excluding carboxylic acids is 2. The second-order valence-electron chi connectivity index (χ2n) is 23.5. The summed E-state index contributed by atoms with van der Waals surface area (Å²) in [7, 11) is 1.49. The van der Waals surface area contributed by atoms with Crippen LogP contribution in [0.2, 0.25) is 0 Å². The highest BCUT2D eigenvalue weighted by molar-refractivity contribution is 7.47. The van der Waals surface area contributed by atoms with E-state index in [0.29, 0.717) is 17.4 Å². The van der Waals surface area contributed by atoms with E-state index in [1.165, 1.54) is 231 Å². The number of phosphoric acid groups is 1. The first-order valence-electron chi connectivity index (χ1n) is 32.7. The van der Waals surface area contributed by atoms with Crippen LogP contribution in [-0.2, 0) is 32.7 Å². The van der Waals surface area contributed by atoms with Gasteiger partial charge in [0.25, 0.3) is 0 Å². The molecule has 0 aliphatic rings. The van der Waals surface area contributed by atoms with Crippen LogP contribution in [0.3, 0.4) is 0 Å². The van der Waals surface area contributed by atoms with Gasteiger partial charge in [-0.15, -0.1) is 0 Å². The Morgan fingerprint density at radius 2 is 0.711 bits per heavy atom. The standard InChI is InChI=1S/C66H126NO8P/c1-6-8-10-12-14-16-18-20-22-23-24-25-26-27-28-29-30-31-32-33-34-35-36-37-38-39-40-41-42-43-45-47-49-51-53-55-57-59-66(69)75-64(63-74-76(70,71)73-61-60-67(3,4)5)62-72-65(68)58-56-54-52-50-48-46-44-21-19-17-15-13-11-9-7-2/h18,20-21,23-24,44,64H,6-17,19,22,25-43,45-63H2,1-5H3/p+1/b20-18-,24-23-,44-21-. The number of ether oxygens (including phenoxy) is 2. The molecule has 10 heteroatoms. The van der Waals surface area contributed by atoms with Gasteiger partial charge in [-0.1, -0.05) is 275 Å². The maximum atomic E-state index is 12.8. The molecule has 2 atom stereocenters. The summed E-state index contributed by atoms with van der Waals surface area (Å²) < 4.78 is 34.6. The molecular weight excluding hydrogens is 966 g/mol. The first kappa shape index (κ1) is 74.2. The predicted molar refractivity (Wildman–Crippen MR) is 326 cm³/mol. The largest absolute Gasteiger partial charge is 0.472 e. The Bertz CT molecular complexity index is 1380. The maximum Gasteiger partial charge on any atom is 0.472 e. The number of allylic oxidation sites excluding steroid dienone is 6. The van der Waals surface area contributed by atoms with E-state index in [9.17, 15) is 19.0 Å². The van der Waals surface area contributed by atoms with E-state index in [1.807, 2.05) is 21.1 Å². The van der Waals surface area contributed by atoms with Gasteiger partial charge in [-0.3, -0.25) is 18.6 Å². The second kappa shape index (κ2) is 57.9. The fourth-order valence-electron chi connectivity index (χ4n) is 9.57. The second-order valence-corrected chi connectivity index (χ2v) is 25.0. The SMILES string of the molecule is CCCCCCC/C=C\C/C=C\CCCCCCCCCCCCCCCCCCCCCCCCCCCC(=O)OC(COC(=O)CCCCCCC/C=C\CCCCCCCC)COP(=O)(O)OCC[N+](C)(C)C. The van der Waals surface area contributed by atoms with Crippen LogP contribution >= 0.6 is 7.82 Å². The lowest BCUT2D eigenvalue weighted by atomic mass is 10.0. The number of nitrogens with zero attached hydrogens (tertiary/aromatic N) is 1. The van der Waals surface area contributed by atoms with Crippen LogP contribution in [0.4, 0.5) is 0 Å². The molecule has 0 aromatic rings. The molecular formula is C66H127NO8P+. The molecule has 76 heavy (non-hydrogen) atoms. The number of esters is 2. The predicted octanol–water partition coefficient (Wildman–Crippen LogP) is 20.7. The van der Waals surface area contributed by atoms with Gasteiger partial charge in [-0.25, -0.2) is 4.57 Å². The molecule has 448 valence electrons. The van der Waals surface area contributed by atoms with Crippen molar-refractivity contribution in [1.29, 1.82) is 0 Å². The van der Waals surface area contributed by atoms with Crippen molar-refractivity contribution in [3.63, 3.8) is 0 Å². The minimum atomic E-state index is -4.38. The van der Waals surface area contributed by atoms with E-state index in [2.05, 4.69) is 50.3 Å². The number of rotatable bonds is 61. The van der Waals surface area contributed by atoms with E-state index in [-0.39, 0.29) is 32.0 Å². The summed E-state index contributed by atoms with van der Waals surface area (Å²) in [5.41, 5.74) is 0. The average molecular weight is 1090 g/mol. The summed E-state index contributed by atoms with van der Waals surface area (Å²) in [5, 5.41) is 0. The van der Waals surface area contributed by atoms with E-state index in [4.69, 9.17) is 18.5 Å². The number of likely N-dealkylation sites (N-methyl/N-ethyl adjacent to an activating group) is 1. The lowest BCUT2D eigenvalue weighted by Gasteiger charge is -2.24. The first-order valence-corrected chi connectivity index (χ1v) is 34.2. The van der Waals surface area contributed by atoms with Gasteiger partial charge in [0.1, 0.15) is 19.8 Å². The van der Waals surface area contributed by atoms with Gasteiger partial charge in [0.2, 0.25) is 0 Å². The van der Waals surface area contributed by atoms with Crippen LogP contribution in [0.25, 0.3) is 0 Å². The number of carbonyl (C=O) groups is 2. The highest BCUT2D eigenvalue weighted by Gasteiger charge is 2.27. The molecule has 0 aliphatic heterocycles. The molecule has 0 fully saturated rings. The third kappa shape index (κ3) is 61.4. The van der Waals surface area contributed by atoms with Gasteiger partial charge in [0.15, 0.2) is 6.10 Å². The van der Waals surface area contributed by atoms with Gasteiger partial charge >= 0.3 is 19.8 Å². The van der Waals surface area contributed by atoms with Crippen molar-refractivity contribution < 1.29 is 42.1 Å². The number of phosphoric ester groups is 1. The molecule has 0 aromatic carbocycles. The molecule has 0 saturated heterocycles. The van der Waals surface area contributed by atoms with E-state index >= 15 is 0 Å². The quantitative estimate of drug-likeness (QED) is 0.0211. The molecule has 2 unspecified atom stereocenters. The molecule has 0 aliphatic carbocycles. The Kier molecular flexibility index (Phi) is 56.6. The Balaban J connectivity index is 3.91. The zero-order valence-corrected chi connectivity index (χ0v) is 51.9. The Hall–Kier alpha value is -1.77. The van der Waals surface area contributed by atoms with Crippen molar-refractivity contribution >= 4 is 19.8 Å². The molecule has 9 nitrogen and oxygen atoms in total. The monoisotopic (exact) mass is 1090 g/mol. The third-order valence-corrected chi connectivity index (χ3v) is 15.6. The van der Waals surface area contributed by atoms with Crippen molar-refractivity contribution in [3.05, 3.63) is 36.5 Å². The number of unbranched alkanes of at least 4 members (excludes halogenated alkanes) is 41. The van der Waals surface area contributed by atoms with E-state index in [0.717, 1.165) is 57.8 Å². The summed E-state index contributed by atoms with van der Waals surface area (Å²) in [6.45, 7) is 4.45. The maximum absolute atomic E-state index is 12.8. The smallest absolute Gasteiger partial charge is 0.462 e. The van der Waals surface area contributed by atoms with Crippen molar-refractivity contribution in [1.82, 2.24) is 0 Å². The molecule has 0 rings (SSSR count). The third-order valence-electron chi connectivity index (χ3n) is 14.6. The van der Waals surface area contributed by atoms with Crippen LogP contribution in [0.5, 0.6) is 0 Å². The molecule has 1 N–H and O–H groups in total. The normalized spacial score (nSPS) is 13.4. The molecule has 0 radical (unpaired) electrons. The van der Waals surface area contributed by atoms with E-state index < -0.39 is 26.5 Å². The zero-order chi connectivity index (χ0) is 55.6. The van der Waals surface area contributed by atoms with Gasteiger partial charge in [0.05, 0.1) is 27.7 Å².